The minimum absolute atomic E-state index is 0. The molecule has 15 heavy (non-hydrogen) atoms. The summed E-state index contributed by atoms with van der Waals surface area (Å²) in [6.07, 6.45) is 5.14. The highest BCUT2D eigenvalue weighted by Crippen LogP contribution is 1.99. The number of aromatic amines is 1. The lowest BCUT2D eigenvalue weighted by Crippen LogP contribution is -3.00. The quantitative estimate of drug-likeness (QED) is 0.634. The Labute approximate surface area is 96.4 Å². The number of nitrogens with one attached hydrogen (secondary N) is 1. The van der Waals surface area contributed by atoms with Crippen molar-refractivity contribution in [1.82, 2.24) is 4.98 Å². The van der Waals surface area contributed by atoms with Gasteiger partial charge in [-0.1, -0.05) is 30.3 Å². The number of nitrogens with zero attached hydrogens (tertiary/aromatic N) is 1. The molecule has 0 aliphatic rings. The predicted octanol–water partition coefficient (Wildman–Crippen LogP) is -1.14. The first-order valence-corrected chi connectivity index (χ1v) is 4.93. The Morgan fingerprint density at radius 3 is 2.53 bits per heavy atom. The first kappa shape index (κ1) is 11.8. The lowest BCUT2D eigenvalue weighted by molar-refractivity contribution is -0.701. The zero-order chi connectivity index (χ0) is 9.80. The van der Waals surface area contributed by atoms with E-state index < -0.39 is 0 Å². The number of imidazole rings is 1. The van der Waals surface area contributed by atoms with Crippen LogP contribution >= 0.6 is 0 Å². The van der Waals surface area contributed by atoms with Crippen LogP contribution in [0, 0.1) is 6.92 Å². The van der Waals surface area contributed by atoms with E-state index in [0.717, 1.165) is 13.0 Å². The summed E-state index contributed by atoms with van der Waals surface area (Å²) in [5.41, 5.74) is 1.39. The van der Waals surface area contributed by atoms with E-state index in [1.54, 1.807) is 0 Å². The number of aromatic nitrogens is 2. The maximum Gasteiger partial charge on any atom is 0.251 e. The number of halogens is 1. The monoisotopic (exact) mass is 222 g/mol. The third-order valence-electron chi connectivity index (χ3n) is 2.46. The molecule has 1 aromatic heterocycles. The highest BCUT2D eigenvalue weighted by Gasteiger charge is 2.03. The van der Waals surface area contributed by atoms with Gasteiger partial charge in [-0.15, -0.1) is 0 Å². The summed E-state index contributed by atoms with van der Waals surface area (Å²) in [6.45, 7) is 3.13. The highest BCUT2D eigenvalue weighted by molar-refractivity contribution is 5.14. The molecule has 0 bridgehead atoms. The van der Waals surface area contributed by atoms with Crippen molar-refractivity contribution >= 4 is 0 Å². The van der Waals surface area contributed by atoms with Crippen molar-refractivity contribution < 1.29 is 17.0 Å². The molecule has 2 rings (SSSR count). The van der Waals surface area contributed by atoms with Crippen LogP contribution in [0.25, 0.3) is 0 Å². The van der Waals surface area contributed by atoms with Crippen molar-refractivity contribution in [1.29, 1.82) is 0 Å². The van der Waals surface area contributed by atoms with Gasteiger partial charge < -0.3 is 12.4 Å². The van der Waals surface area contributed by atoms with Crippen LogP contribution in [0.3, 0.4) is 0 Å². The van der Waals surface area contributed by atoms with Crippen molar-refractivity contribution in [2.45, 2.75) is 19.9 Å². The zero-order valence-corrected chi connectivity index (χ0v) is 9.54. The Morgan fingerprint density at radius 1 is 1.20 bits per heavy atom. The third kappa shape index (κ3) is 3.10. The molecule has 2 nitrogen and oxygen atoms in total. The molecule has 80 valence electrons. The normalized spacial score (nSPS) is 9.67. The number of aryl methyl sites for hydroxylation is 3. The molecule has 0 saturated heterocycles. The van der Waals surface area contributed by atoms with Crippen LogP contribution in [0.1, 0.15) is 11.4 Å². The van der Waals surface area contributed by atoms with Gasteiger partial charge in [0, 0.05) is 13.3 Å². The molecule has 3 heteroatoms. The Balaban J connectivity index is 0.00000112. The molecule has 0 amide bonds. The minimum Gasteiger partial charge on any atom is -1.00 e. The number of rotatable bonds is 3. The van der Waals surface area contributed by atoms with Crippen molar-refractivity contribution in [3.63, 3.8) is 0 Å². The van der Waals surface area contributed by atoms with Gasteiger partial charge in [0.25, 0.3) is 5.82 Å². The van der Waals surface area contributed by atoms with Crippen LogP contribution in [0.4, 0.5) is 0 Å². The molecule has 0 radical (unpaired) electrons. The molecular formula is C12H15ClN2. The number of H-pyrrole nitrogens is 1. The van der Waals surface area contributed by atoms with Crippen molar-refractivity contribution in [2.24, 2.45) is 0 Å². The van der Waals surface area contributed by atoms with Crippen LogP contribution in [-0.2, 0) is 13.0 Å². The van der Waals surface area contributed by atoms with Gasteiger partial charge in [-0.05, 0) is 5.56 Å². The van der Waals surface area contributed by atoms with E-state index >= 15 is 0 Å². The molecule has 0 aliphatic carbocycles. The maximum atomic E-state index is 3.17. The first-order valence-electron chi connectivity index (χ1n) is 4.93. The van der Waals surface area contributed by atoms with E-state index in [4.69, 9.17) is 0 Å². The molecule has 0 unspecified atom stereocenters. The zero-order valence-electron chi connectivity index (χ0n) is 8.78. The first-order chi connectivity index (χ1) is 6.86. The second-order valence-corrected chi connectivity index (χ2v) is 3.47. The maximum absolute atomic E-state index is 3.17. The van der Waals surface area contributed by atoms with Gasteiger partial charge in [0.15, 0.2) is 0 Å². The van der Waals surface area contributed by atoms with Gasteiger partial charge in [0.05, 0.1) is 6.54 Å². The van der Waals surface area contributed by atoms with Gasteiger partial charge in [-0.25, -0.2) is 9.55 Å². The predicted molar refractivity (Wildman–Crippen MR) is 55.9 cm³/mol. The fraction of sp³-hybridized carbons (Fsp3) is 0.250. The lowest BCUT2D eigenvalue weighted by atomic mass is 10.1. The van der Waals surface area contributed by atoms with E-state index in [9.17, 15) is 0 Å². The summed E-state index contributed by atoms with van der Waals surface area (Å²) in [4.78, 5) is 3.17. The largest absolute Gasteiger partial charge is 1.00 e. The van der Waals surface area contributed by atoms with Crippen molar-refractivity contribution in [2.75, 3.05) is 0 Å². The Morgan fingerprint density at radius 2 is 1.93 bits per heavy atom. The second kappa shape index (κ2) is 5.56. The molecule has 0 atom stereocenters. The Kier molecular flexibility index (Phi) is 4.37. The summed E-state index contributed by atoms with van der Waals surface area (Å²) < 4.78 is 2.23. The summed E-state index contributed by atoms with van der Waals surface area (Å²) in [5, 5.41) is 0. The van der Waals surface area contributed by atoms with Crippen LogP contribution in [0.2, 0.25) is 0 Å². The molecule has 0 saturated carbocycles. The molecule has 0 aliphatic heterocycles. The average molecular weight is 223 g/mol. The fourth-order valence-electron chi connectivity index (χ4n) is 1.58. The second-order valence-electron chi connectivity index (χ2n) is 3.47. The third-order valence-corrected chi connectivity index (χ3v) is 2.46. The summed E-state index contributed by atoms with van der Waals surface area (Å²) in [7, 11) is 0. The number of benzene rings is 1. The molecule has 1 heterocycles. The SMILES string of the molecule is Cc1[nH]cc[n+]1CCc1ccccc1.[Cl-]. The van der Waals surface area contributed by atoms with Gasteiger partial charge in [0.1, 0.15) is 12.4 Å². The van der Waals surface area contributed by atoms with Gasteiger partial charge in [-0.2, -0.15) is 0 Å². The summed E-state index contributed by atoms with van der Waals surface area (Å²) in [5.74, 6) is 1.21. The molecule has 1 aromatic carbocycles. The molecule has 2 aromatic rings. The Hall–Kier alpha value is -1.28. The van der Waals surface area contributed by atoms with Crippen LogP contribution in [0.5, 0.6) is 0 Å². The Bertz CT molecular complexity index is 395. The van der Waals surface area contributed by atoms with E-state index in [0.29, 0.717) is 0 Å². The number of hydrogen-bond donors (Lipinski definition) is 1. The lowest BCUT2D eigenvalue weighted by Gasteiger charge is -1.99. The fourth-order valence-corrected chi connectivity index (χ4v) is 1.58. The standard InChI is InChI=1S/C12H14N2.ClH/c1-11-13-8-10-14(11)9-7-12-5-3-2-4-6-12;/h2-6,8,10H,7,9H2,1H3;1H. The van der Waals surface area contributed by atoms with Gasteiger partial charge in [-0.3, -0.25) is 0 Å². The van der Waals surface area contributed by atoms with E-state index in [1.165, 1.54) is 11.4 Å². The van der Waals surface area contributed by atoms with Gasteiger partial charge >= 0.3 is 0 Å². The number of hydrogen-bond acceptors (Lipinski definition) is 0. The minimum atomic E-state index is 0. The molecular weight excluding hydrogens is 208 g/mol. The topological polar surface area (TPSA) is 19.7 Å². The van der Waals surface area contributed by atoms with Crippen LogP contribution in [0.15, 0.2) is 42.7 Å². The molecule has 0 spiro atoms. The summed E-state index contributed by atoms with van der Waals surface area (Å²) in [6, 6.07) is 10.6. The van der Waals surface area contributed by atoms with Crippen LogP contribution < -0.4 is 17.0 Å². The smallest absolute Gasteiger partial charge is 0.251 e. The van der Waals surface area contributed by atoms with Crippen LogP contribution in [-0.4, -0.2) is 4.98 Å². The summed E-state index contributed by atoms with van der Waals surface area (Å²) >= 11 is 0. The van der Waals surface area contributed by atoms with E-state index in [-0.39, 0.29) is 12.4 Å². The average Bonchev–Trinajstić information content (AvgIpc) is 2.63. The van der Waals surface area contributed by atoms with E-state index in [2.05, 4.69) is 53.0 Å². The van der Waals surface area contributed by atoms with Gasteiger partial charge in [0.2, 0.25) is 0 Å². The van der Waals surface area contributed by atoms with Crippen molar-refractivity contribution in [3.8, 4) is 0 Å². The molecule has 1 N–H and O–H groups in total. The van der Waals surface area contributed by atoms with Crippen molar-refractivity contribution in [3.05, 3.63) is 54.1 Å². The highest BCUT2D eigenvalue weighted by atomic mass is 35.5. The molecule has 0 fully saturated rings. The van der Waals surface area contributed by atoms with E-state index in [1.807, 2.05) is 6.20 Å².